The standard InChI is InChI=1S/C6H12O.Ga.3H/c7-6-4-2-1-3-5-6;;;;/h6-7H,1-5H2;;;;. The second-order valence-corrected chi connectivity index (χ2v) is 2.29. The molecule has 1 rings (SSSR count). The topological polar surface area (TPSA) is 20.2 Å². The molecule has 0 aliphatic heterocycles. The maximum absolute atomic E-state index is 8.91. The number of rotatable bonds is 0. The van der Waals surface area contributed by atoms with Gasteiger partial charge in [0.15, 0.2) is 0 Å². The Morgan fingerprint density at radius 3 is 1.75 bits per heavy atom. The van der Waals surface area contributed by atoms with Gasteiger partial charge in [-0.25, -0.2) is 0 Å². The van der Waals surface area contributed by atoms with Crippen molar-refractivity contribution < 1.29 is 5.11 Å². The van der Waals surface area contributed by atoms with E-state index in [4.69, 9.17) is 5.11 Å². The first-order valence-electron chi connectivity index (χ1n) is 3.07. The summed E-state index contributed by atoms with van der Waals surface area (Å²) in [7, 11) is 0. The molecule has 0 radical (unpaired) electrons. The molecule has 1 aliphatic rings. The van der Waals surface area contributed by atoms with E-state index in [-0.39, 0.29) is 25.9 Å². The third kappa shape index (κ3) is 2.80. The van der Waals surface area contributed by atoms with Gasteiger partial charge in [0.2, 0.25) is 0 Å². The molecule has 0 saturated heterocycles. The van der Waals surface area contributed by atoms with Crippen LogP contribution in [0, 0.1) is 0 Å². The van der Waals surface area contributed by atoms with Gasteiger partial charge in [0, 0.05) is 0 Å². The van der Waals surface area contributed by atoms with E-state index in [2.05, 4.69) is 0 Å². The molecular formula is C6H15GaO. The van der Waals surface area contributed by atoms with Crippen LogP contribution < -0.4 is 0 Å². The van der Waals surface area contributed by atoms with Crippen molar-refractivity contribution >= 4 is 19.8 Å². The summed E-state index contributed by atoms with van der Waals surface area (Å²) in [5.74, 6) is 0. The van der Waals surface area contributed by atoms with Gasteiger partial charge < -0.3 is 5.11 Å². The van der Waals surface area contributed by atoms with Crippen LogP contribution in [-0.2, 0) is 0 Å². The third-order valence-corrected chi connectivity index (χ3v) is 1.57. The van der Waals surface area contributed by atoms with E-state index >= 15 is 0 Å². The maximum atomic E-state index is 8.91. The van der Waals surface area contributed by atoms with Crippen LogP contribution in [0.15, 0.2) is 0 Å². The quantitative estimate of drug-likeness (QED) is 0.516. The van der Waals surface area contributed by atoms with Gasteiger partial charge in [0.05, 0.1) is 6.10 Å². The monoisotopic (exact) mass is 172 g/mol. The van der Waals surface area contributed by atoms with Crippen molar-refractivity contribution in [2.75, 3.05) is 0 Å². The molecule has 0 atom stereocenters. The van der Waals surface area contributed by atoms with Crippen LogP contribution in [0.5, 0.6) is 0 Å². The third-order valence-electron chi connectivity index (χ3n) is 1.57. The Balaban J connectivity index is 0.000000490. The summed E-state index contributed by atoms with van der Waals surface area (Å²) in [5, 5.41) is 8.91. The molecule has 0 unspecified atom stereocenters. The first kappa shape index (κ1) is 8.60. The summed E-state index contributed by atoms with van der Waals surface area (Å²) in [6, 6.07) is 0. The van der Waals surface area contributed by atoms with Crippen molar-refractivity contribution in [2.24, 2.45) is 0 Å². The Hall–Kier alpha value is 0.596. The minimum atomic E-state index is 0. The fourth-order valence-electron chi connectivity index (χ4n) is 1.08. The van der Waals surface area contributed by atoms with E-state index in [0.717, 1.165) is 12.8 Å². The molecule has 0 bridgehead atoms. The second-order valence-electron chi connectivity index (χ2n) is 2.29. The fourth-order valence-corrected chi connectivity index (χ4v) is 1.08. The average molecular weight is 173 g/mol. The summed E-state index contributed by atoms with van der Waals surface area (Å²) in [4.78, 5) is 0. The summed E-state index contributed by atoms with van der Waals surface area (Å²) in [6.45, 7) is 0. The zero-order valence-corrected chi connectivity index (χ0v) is 4.56. The van der Waals surface area contributed by atoms with Gasteiger partial charge in [0.1, 0.15) is 0 Å². The van der Waals surface area contributed by atoms with Crippen LogP contribution in [0.25, 0.3) is 0 Å². The van der Waals surface area contributed by atoms with Gasteiger partial charge in [-0.3, -0.25) is 0 Å². The average Bonchev–Trinajstić information content (AvgIpc) is 1.69. The predicted molar refractivity (Wildman–Crippen MR) is 39.0 cm³/mol. The summed E-state index contributed by atoms with van der Waals surface area (Å²) >= 11 is 0. The second kappa shape index (κ2) is 4.47. The van der Waals surface area contributed by atoms with Gasteiger partial charge >= 0.3 is 19.8 Å². The van der Waals surface area contributed by atoms with Crippen LogP contribution in [0.3, 0.4) is 0 Å². The van der Waals surface area contributed by atoms with Crippen molar-refractivity contribution in [3.05, 3.63) is 0 Å². The Bertz CT molecular complexity index is 50.5. The van der Waals surface area contributed by atoms with Crippen molar-refractivity contribution in [2.45, 2.75) is 38.2 Å². The van der Waals surface area contributed by atoms with Crippen LogP contribution in [0.1, 0.15) is 32.1 Å². The van der Waals surface area contributed by atoms with Gasteiger partial charge in [0.25, 0.3) is 0 Å². The summed E-state index contributed by atoms with van der Waals surface area (Å²) < 4.78 is 0. The van der Waals surface area contributed by atoms with E-state index in [1.165, 1.54) is 19.3 Å². The van der Waals surface area contributed by atoms with E-state index in [1.807, 2.05) is 0 Å². The molecule has 1 fully saturated rings. The molecule has 0 amide bonds. The van der Waals surface area contributed by atoms with Crippen molar-refractivity contribution in [3.63, 3.8) is 0 Å². The molecule has 1 N–H and O–H groups in total. The van der Waals surface area contributed by atoms with Crippen LogP contribution in [0.2, 0.25) is 0 Å². The number of aliphatic hydroxyl groups excluding tert-OH is 1. The fraction of sp³-hybridized carbons (Fsp3) is 1.00. The van der Waals surface area contributed by atoms with Gasteiger partial charge in [-0.1, -0.05) is 19.3 Å². The minimum absolute atomic E-state index is 0. The van der Waals surface area contributed by atoms with Gasteiger partial charge in [-0.15, -0.1) is 0 Å². The number of aliphatic hydroxyl groups is 1. The molecule has 0 spiro atoms. The zero-order valence-electron chi connectivity index (χ0n) is 4.56. The summed E-state index contributed by atoms with van der Waals surface area (Å²) in [5.41, 5.74) is 0. The van der Waals surface area contributed by atoms with Crippen LogP contribution in [0.4, 0.5) is 0 Å². The van der Waals surface area contributed by atoms with Gasteiger partial charge in [-0.05, 0) is 12.8 Å². The SMILES string of the molecule is OC1CCCCC1.[GaH3]. The van der Waals surface area contributed by atoms with E-state index in [0.29, 0.717) is 0 Å². The predicted octanol–water partition coefficient (Wildman–Crippen LogP) is 0.128. The molecule has 0 aromatic heterocycles. The Morgan fingerprint density at radius 2 is 1.50 bits per heavy atom. The van der Waals surface area contributed by atoms with E-state index in [9.17, 15) is 0 Å². The Morgan fingerprint density at radius 1 is 1.00 bits per heavy atom. The molecule has 1 saturated carbocycles. The van der Waals surface area contributed by atoms with E-state index in [1.54, 1.807) is 0 Å². The molecular weight excluding hydrogens is 158 g/mol. The van der Waals surface area contributed by atoms with Crippen LogP contribution >= 0.6 is 0 Å². The normalized spacial score (nSPS) is 22.1. The molecule has 0 heterocycles. The Kier molecular flexibility index (Phi) is 4.81. The molecule has 48 valence electrons. The molecule has 1 aliphatic carbocycles. The van der Waals surface area contributed by atoms with Crippen molar-refractivity contribution in [3.8, 4) is 0 Å². The zero-order chi connectivity index (χ0) is 5.11. The molecule has 1 nitrogen and oxygen atoms in total. The molecule has 0 aromatic carbocycles. The first-order valence-corrected chi connectivity index (χ1v) is 3.07. The first-order chi connectivity index (χ1) is 3.39. The Labute approximate surface area is 63.5 Å². The van der Waals surface area contributed by atoms with Crippen LogP contribution in [-0.4, -0.2) is 31.0 Å². The summed E-state index contributed by atoms with van der Waals surface area (Å²) in [6.07, 6.45) is 5.92. The van der Waals surface area contributed by atoms with Crippen molar-refractivity contribution in [1.82, 2.24) is 0 Å². The van der Waals surface area contributed by atoms with Gasteiger partial charge in [-0.2, -0.15) is 0 Å². The van der Waals surface area contributed by atoms with E-state index < -0.39 is 0 Å². The molecule has 8 heavy (non-hydrogen) atoms. The number of hydrogen-bond acceptors (Lipinski definition) is 1. The molecule has 2 heteroatoms. The number of hydrogen-bond donors (Lipinski definition) is 1. The molecule has 0 aromatic rings. The van der Waals surface area contributed by atoms with Crippen molar-refractivity contribution in [1.29, 1.82) is 0 Å².